The van der Waals surface area contributed by atoms with Crippen molar-refractivity contribution < 1.29 is 27.9 Å². The summed E-state index contributed by atoms with van der Waals surface area (Å²) >= 11 is 0. The topological polar surface area (TPSA) is 113 Å². The van der Waals surface area contributed by atoms with E-state index in [1.807, 2.05) is 0 Å². The number of carboxylic acids is 1. The van der Waals surface area contributed by atoms with Gasteiger partial charge < -0.3 is 15.2 Å². The number of carbonyl (C=O) groups excluding carboxylic acids is 1. The van der Waals surface area contributed by atoms with Crippen molar-refractivity contribution in [1.82, 2.24) is 4.31 Å². The molecule has 0 bridgehead atoms. The minimum atomic E-state index is -3.72. The highest BCUT2D eigenvalue weighted by molar-refractivity contribution is 7.89. The van der Waals surface area contributed by atoms with E-state index in [2.05, 4.69) is 5.32 Å². The Kier molecular flexibility index (Phi) is 5.19. The number of rotatable bonds is 7. The van der Waals surface area contributed by atoms with Crippen LogP contribution < -0.4 is 10.1 Å². The van der Waals surface area contributed by atoms with Gasteiger partial charge in [0.1, 0.15) is 10.6 Å². The summed E-state index contributed by atoms with van der Waals surface area (Å²) in [5.41, 5.74) is 0.312. The molecule has 1 heterocycles. The Morgan fingerprint density at radius 1 is 1.27 bits per heavy atom. The van der Waals surface area contributed by atoms with E-state index < -0.39 is 33.7 Å². The number of benzene rings is 1. The van der Waals surface area contributed by atoms with E-state index >= 15 is 0 Å². The highest BCUT2D eigenvalue weighted by atomic mass is 32.2. The molecule has 3 rings (SSSR count). The number of anilines is 1. The third kappa shape index (κ3) is 3.68. The van der Waals surface area contributed by atoms with Crippen LogP contribution in [0.4, 0.5) is 5.69 Å². The molecule has 1 saturated heterocycles. The van der Waals surface area contributed by atoms with Gasteiger partial charge in [-0.2, -0.15) is 4.31 Å². The number of carboxylic acid groups (broad SMARTS) is 1. The molecule has 1 aliphatic heterocycles. The Morgan fingerprint density at radius 2 is 1.96 bits per heavy atom. The molecule has 26 heavy (non-hydrogen) atoms. The van der Waals surface area contributed by atoms with Crippen LogP contribution in [0.2, 0.25) is 0 Å². The van der Waals surface area contributed by atoms with E-state index in [0.717, 1.165) is 12.8 Å². The van der Waals surface area contributed by atoms with E-state index in [4.69, 9.17) is 9.84 Å². The molecule has 2 N–H and O–H groups in total. The van der Waals surface area contributed by atoms with Gasteiger partial charge in [-0.25, -0.2) is 8.42 Å². The lowest BCUT2D eigenvalue weighted by Crippen LogP contribution is -2.28. The predicted octanol–water partition coefficient (Wildman–Crippen LogP) is 1.53. The summed E-state index contributed by atoms with van der Waals surface area (Å²) in [6.45, 7) is 3.01. The molecule has 2 unspecified atom stereocenters. The van der Waals surface area contributed by atoms with Crippen LogP contribution in [0.15, 0.2) is 23.1 Å². The van der Waals surface area contributed by atoms with Crippen molar-refractivity contribution in [3.05, 3.63) is 18.2 Å². The van der Waals surface area contributed by atoms with Crippen LogP contribution in [0.3, 0.4) is 0 Å². The number of hydrogen-bond donors (Lipinski definition) is 2. The molecule has 1 aromatic carbocycles. The molecule has 2 aliphatic rings. The first-order valence-corrected chi connectivity index (χ1v) is 10.1. The third-order valence-electron chi connectivity index (χ3n) is 4.64. The van der Waals surface area contributed by atoms with Gasteiger partial charge >= 0.3 is 5.97 Å². The number of hydrogen-bond acceptors (Lipinski definition) is 5. The summed E-state index contributed by atoms with van der Waals surface area (Å²) in [4.78, 5) is 23.1. The summed E-state index contributed by atoms with van der Waals surface area (Å²) in [6, 6.07) is 4.46. The first kappa shape index (κ1) is 18.7. The highest BCUT2D eigenvalue weighted by Gasteiger charge is 2.48. The van der Waals surface area contributed by atoms with Crippen molar-refractivity contribution in [3.63, 3.8) is 0 Å². The van der Waals surface area contributed by atoms with Gasteiger partial charge in [0.25, 0.3) is 0 Å². The highest BCUT2D eigenvalue weighted by Crippen LogP contribution is 2.40. The second-order valence-corrected chi connectivity index (χ2v) is 8.39. The molecule has 142 valence electrons. The van der Waals surface area contributed by atoms with E-state index in [0.29, 0.717) is 31.8 Å². The Balaban J connectivity index is 1.84. The Hall–Kier alpha value is -2.13. The molecule has 1 aliphatic carbocycles. The summed E-state index contributed by atoms with van der Waals surface area (Å²) in [7, 11) is -3.72. The van der Waals surface area contributed by atoms with Crippen molar-refractivity contribution in [2.24, 2.45) is 11.8 Å². The zero-order valence-corrected chi connectivity index (χ0v) is 15.3. The zero-order chi connectivity index (χ0) is 18.9. The number of aliphatic carboxylic acids is 1. The van der Waals surface area contributed by atoms with Crippen molar-refractivity contribution in [3.8, 4) is 5.75 Å². The molecule has 9 heteroatoms. The van der Waals surface area contributed by atoms with E-state index in [1.165, 1.54) is 16.4 Å². The molecule has 1 aromatic rings. The van der Waals surface area contributed by atoms with Crippen molar-refractivity contribution in [2.45, 2.75) is 31.1 Å². The van der Waals surface area contributed by atoms with Gasteiger partial charge in [0.05, 0.1) is 18.4 Å². The molecule has 0 spiro atoms. The van der Waals surface area contributed by atoms with Gasteiger partial charge in [-0.05, 0) is 44.4 Å². The quantitative estimate of drug-likeness (QED) is 0.739. The second-order valence-electron chi connectivity index (χ2n) is 6.48. The summed E-state index contributed by atoms with van der Waals surface area (Å²) < 4.78 is 32.7. The van der Waals surface area contributed by atoms with Crippen molar-refractivity contribution >= 4 is 27.6 Å². The third-order valence-corrected chi connectivity index (χ3v) is 6.56. The number of ether oxygens (including phenoxy) is 1. The lowest BCUT2D eigenvalue weighted by molar-refractivity contribution is -0.139. The monoisotopic (exact) mass is 382 g/mol. The molecule has 0 radical (unpaired) electrons. The number of nitrogens with zero attached hydrogens (tertiary/aromatic N) is 1. The normalized spacial score (nSPS) is 22.8. The van der Waals surface area contributed by atoms with E-state index in [1.54, 1.807) is 13.0 Å². The maximum absolute atomic E-state index is 12.9. The van der Waals surface area contributed by atoms with Crippen LogP contribution in [-0.4, -0.2) is 49.4 Å². The second kappa shape index (κ2) is 7.24. The van der Waals surface area contributed by atoms with Gasteiger partial charge in [0, 0.05) is 18.8 Å². The predicted molar refractivity (Wildman–Crippen MR) is 93.5 cm³/mol. The molecule has 2 atom stereocenters. The lowest BCUT2D eigenvalue weighted by atomic mass is 10.2. The molecular formula is C17H22N2O6S. The van der Waals surface area contributed by atoms with E-state index in [-0.39, 0.29) is 10.6 Å². The minimum Gasteiger partial charge on any atom is -0.492 e. The zero-order valence-electron chi connectivity index (χ0n) is 14.5. The first-order valence-electron chi connectivity index (χ1n) is 8.65. The molecule has 1 amide bonds. The molecule has 0 aromatic heterocycles. The fourth-order valence-electron chi connectivity index (χ4n) is 3.12. The van der Waals surface area contributed by atoms with Gasteiger partial charge in [-0.15, -0.1) is 0 Å². The van der Waals surface area contributed by atoms with Crippen LogP contribution in [0, 0.1) is 11.8 Å². The summed E-state index contributed by atoms with van der Waals surface area (Å²) in [5.74, 6) is -2.39. The summed E-state index contributed by atoms with van der Waals surface area (Å²) in [5, 5.41) is 11.5. The molecule has 8 nitrogen and oxygen atoms in total. The maximum Gasteiger partial charge on any atom is 0.307 e. The van der Waals surface area contributed by atoms with Gasteiger partial charge in [0.2, 0.25) is 15.9 Å². The SMILES string of the molecule is CCOc1ccc(NC(=O)C2CC2C(=O)O)cc1S(=O)(=O)N1CCCC1. The Labute approximate surface area is 152 Å². The van der Waals surface area contributed by atoms with Gasteiger partial charge in [0.15, 0.2) is 0 Å². The first-order chi connectivity index (χ1) is 12.3. The standard InChI is InChI=1S/C17H22N2O6S/c1-2-25-14-6-5-11(18-16(20)12-10-13(12)17(21)22)9-15(14)26(23,24)19-7-3-4-8-19/h5-6,9,12-13H,2-4,7-8,10H2,1H3,(H,18,20)(H,21,22). The molecule has 2 fully saturated rings. The largest absolute Gasteiger partial charge is 0.492 e. The van der Waals surface area contributed by atoms with Crippen LogP contribution in [-0.2, 0) is 19.6 Å². The Morgan fingerprint density at radius 3 is 2.54 bits per heavy atom. The maximum atomic E-state index is 12.9. The number of sulfonamides is 1. The fraction of sp³-hybridized carbons (Fsp3) is 0.529. The van der Waals surface area contributed by atoms with Crippen molar-refractivity contribution in [1.29, 1.82) is 0 Å². The Bertz CT molecular complexity index is 817. The molecular weight excluding hydrogens is 360 g/mol. The minimum absolute atomic E-state index is 0.0182. The smallest absolute Gasteiger partial charge is 0.307 e. The van der Waals surface area contributed by atoms with Crippen molar-refractivity contribution in [2.75, 3.05) is 25.0 Å². The average molecular weight is 382 g/mol. The average Bonchev–Trinajstić information content (AvgIpc) is 3.21. The summed E-state index contributed by atoms with van der Waals surface area (Å²) in [6.07, 6.45) is 1.94. The van der Waals surface area contributed by atoms with Crippen LogP contribution in [0.25, 0.3) is 0 Å². The van der Waals surface area contributed by atoms with Crippen LogP contribution >= 0.6 is 0 Å². The molecule has 1 saturated carbocycles. The lowest BCUT2D eigenvalue weighted by Gasteiger charge is -2.19. The van der Waals surface area contributed by atoms with E-state index in [9.17, 15) is 18.0 Å². The number of nitrogens with one attached hydrogen (secondary N) is 1. The number of carbonyl (C=O) groups is 2. The number of amides is 1. The fourth-order valence-corrected chi connectivity index (χ4v) is 4.80. The van der Waals surface area contributed by atoms with Gasteiger partial charge in [-0.3, -0.25) is 9.59 Å². The van der Waals surface area contributed by atoms with Crippen LogP contribution in [0.5, 0.6) is 5.75 Å². The van der Waals surface area contributed by atoms with Gasteiger partial charge in [-0.1, -0.05) is 0 Å². The van der Waals surface area contributed by atoms with Crippen LogP contribution in [0.1, 0.15) is 26.2 Å².